The molecule has 0 bridgehead atoms. The summed E-state index contributed by atoms with van der Waals surface area (Å²) in [6, 6.07) is 5.46. The molecular formula is C18H25F3N2O2. The molecule has 0 unspecified atom stereocenters. The third kappa shape index (κ3) is 6.14. The molecule has 0 spiro atoms. The number of amides is 1. The Bertz CT molecular complexity index is 589. The highest BCUT2D eigenvalue weighted by Gasteiger charge is 2.34. The largest absolute Gasteiger partial charge is 0.444 e. The number of alkyl halides is 3. The zero-order valence-corrected chi connectivity index (χ0v) is 14.7. The van der Waals surface area contributed by atoms with E-state index in [0.29, 0.717) is 25.7 Å². The molecule has 140 valence electrons. The summed E-state index contributed by atoms with van der Waals surface area (Å²) in [5.74, 6) is 0. The van der Waals surface area contributed by atoms with Crippen LogP contribution in [0.1, 0.15) is 52.0 Å². The zero-order chi connectivity index (χ0) is 18.7. The van der Waals surface area contributed by atoms with Crippen LogP contribution in [0.2, 0.25) is 0 Å². The van der Waals surface area contributed by atoms with E-state index in [9.17, 15) is 18.0 Å². The van der Waals surface area contributed by atoms with Crippen molar-refractivity contribution in [2.45, 2.75) is 70.3 Å². The quantitative estimate of drug-likeness (QED) is 0.803. The number of halogens is 3. The smallest absolute Gasteiger partial charge is 0.418 e. The van der Waals surface area contributed by atoms with Crippen molar-refractivity contribution < 1.29 is 22.7 Å². The molecule has 0 aliphatic heterocycles. The zero-order valence-electron chi connectivity index (χ0n) is 14.7. The predicted octanol–water partition coefficient (Wildman–Crippen LogP) is 4.95. The van der Waals surface area contributed by atoms with Gasteiger partial charge in [0.2, 0.25) is 0 Å². The van der Waals surface area contributed by atoms with Gasteiger partial charge in [0.15, 0.2) is 0 Å². The van der Waals surface area contributed by atoms with E-state index in [1.54, 1.807) is 26.8 Å². The van der Waals surface area contributed by atoms with E-state index < -0.39 is 23.4 Å². The molecule has 1 saturated carbocycles. The van der Waals surface area contributed by atoms with Crippen LogP contribution in [0.5, 0.6) is 0 Å². The first kappa shape index (κ1) is 19.4. The first-order chi connectivity index (χ1) is 11.5. The molecule has 1 aliphatic carbocycles. The van der Waals surface area contributed by atoms with E-state index in [2.05, 4.69) is 10.6 Å². The lowest BCUT2D eigenvalue weighted by Gasteiger charge is -2.31. The van der Waals surface area contributed by atoms with E-state index >= 15 is 0 Å². The number of para-hydroxylation sites is 1. The summed E-state index contributed by atoms with van der Waals surface area (Å²) in [5.41, 5.74) is -1.09. The Labute approximate surface area is 146 Å². The van der Waals surface area contributed by atoms with Gasteiger partial charge in [0.1, 0.15) is 5.60 Å². The van der Waals surface area contributed by atoms with E-state index in [-0.39, 0.29) is 17.8 Å². The predicted molar refractivity (Wildman–Crippen MR) is 90.5 cm³/mol. The van der Waals surface area contributed by atoms with Crippen LogP contribution in [0.4, 0.5) is 23.7 Å². The van der Waals surface area contributed by atoms with Crippen molar-refractivity contribution in [3.05, 3.63) is 29.8 Å². The Morgan fingerprint density at radius 1 is 1.04 bits per heavy atom. The van der Waals surface area contributed by atoms with Gasteiger partial charge in [0.25, 0.3) is 0 Å². The molecule has 1 fully saturated rings. The molecule has 25 heavy (non-hydrogen) atoms. The molecule has 4 nitrogen and oxygen atoms in total. The van der Waals surface area contributed by atoms with Crippen molar-refractivity contribution in [3.8, 4) is 0 Å². The Morgan fingerprint density at radius 2 is 1.60 bits per heavy atom. The number of carbonyl (C=O) groups excluding carboxylic acids is 1. The number of hydrogen-bond acceptors (Lipinski definition) is 3. The second-order valence-corrected chi connectivity index (χ2v) is 7.38. The van der Waals surface area contributed by atoms with Gasteiger partial charge in [-0.1, -0.05) is 12.1 Å². The number of benzene rings is 1. The summed E-state index contributed by atoms with van der Waals surface area (Å²) in [5, 5.41) is 5.83. The molecule has 2 N–H and O–H groups in total. The summed E-state index contributed by atoms with van der Waals surface area (Å²) < 4.78 is 44.4. The number of ether oxygens (including phenoxy) is 1. The molecule has 1 aromatic carbocycles. The van der Waals surface area contributed by atoms with Gasteiger partial charge in [-0.3, -0.25) is 0 Å². The van der Waals surface area contributed by atoms with Crippen LogP contribution < -0.4 is 10.6 Å². The number of alkyl carbamates (subject to hydrolysis) is 1. The molecule has 0 atom stereocenters. The highest BCUT2D eigenvalue weighted by molar-refractivity contribution is 5.68. The monoisotopic (exact) mass is 358 g/mol. The van der Waals surface area contributed by atoms with E-state index in [1.807, 2.05) is 0 Å². The molecule has 7 heteroatoms. The maximum atomic E-state index is 13.0. The summed E-state index contributed by atoms with van der Waals surface area (Å²) in [6.45, 7) is 5.39. The Kier molecular flexibility index (Phi) is 5.85. The van der Waals surface area contributed by atoms with Crippen LogP contribution >= 0.6 is 0 Å². The van der Waals surface area contributed by atoms with Crippen LogP contribution in [-0.2, 0) is 10.9 Å². The number of carbonyl (C=O) groups is 1. The van der Waals surface area contributed by atoms with Crippen LogP contribution in [0.25, 0.3) is 0 Å². The fraction of sp³-hybridized carbons (Fsp3) is 0.611. The molecule has 1 aromatic rings. The van der Waals surface area contributed by atoms with Crippen LogP contribution in [0.3, 0.4) is 0 Å². The van der Waals surface area contributed by atoms with Crippen molar-refractivity contribution in [1.82, 2.24) is 5.32 Å². The van der Waals surface area contributed by atoms with Gasteiger partial charge in [-0.05, 0) is 58.6 Å². The highest BCUT2D eigenvalue weighted by atomic mass is 19.4. The van der Waals surface area contributed by atoms with Gasteiger partial charge in [-0.15, -0.1) is 0 Å². The summed E-state index contributed by atoms with van der Waals surface area (Å²) in [4.78, 5) is 11.8. The van der Waals surface area contributed by atoms with Gasteiger partial charge in [-0.2, -0.15) is 13.2 Å². The van der Waals surface area contributed by atoms with Crippen LogP contribution in [-0.4, -0.2) is 23.8 Å². The van der Waals surface area contributed by atoms with E-state index in [1.165, 1.54) is 12.1 Å². The lowest BCUT2D eigenvalue weighted by Crippen LogP contribution is -2.42. The number of anilines is 1. The van der Waals surface area contributed by atoms with Crippen molar-refractivity contribution >= 4 is 11.8 Å². The minimum absolute atomic E-state index is 0.00856. The molecule has 0 aromatic heterocycles. The highest BCUT2D eigenvalue weighted by Crippen LogP contribution is 2.35. The molecule has 0 saturated heterocycles. The lowest BCUT2D eigenvalue weighted by atomic mass is 9.91. The molecular weight excluding hydrogens is 333 g/mol. The minimum atomic E-state index is -4.38. The van der Waals surface area contributed by atoms with Crippen molar-refractivity contribution in [2.75, 3.05) is 5.32 Å². The second kappa shape index (κ2) is 7.54. The van der Waals surface area contributed by atoms with Gasteiger partial charge in [-0.25, -0.2) is 4.79 Å². The summed E-state index contributed by atoms with van der Waals surface area (Å²) in [6.07, 6.45) is -2.06. The maximum Gasteiger partial charge on any atom is 0.418 e. The number of nitrogens with one attached hydrogen (secondary N) is 2. The second-order valence-electron chi connectivity index (χ2n) is 7.38. The number of rotatable bonds is 3. The first-order valence-corrected chi connectivity index (χ1v) is 8.47. The first-order valence-electron chi connectivity index (χ1n) is 8.47. The molecule has 0 heterocycles. The third-order valence-corrected chi connectivity index (χ3v) is 4.04. The third-order valence-electron chi connectivity index (χ3n) is 4.04. The fourth-order valence-electron chi connectivity index (χ4n) is 2.93. The minimum Gasteiger partial charge on any atom is -0.444 e. The molecule has 0 radical (unpaired) electrons. The van der Waals surface area contributed by atoms with Crippen molar-refractivity contribution in [2.24, 2.45) is 0 Å². The normalized spacial score (nSPS) is 21.5. The molecule has 2 rings (SSSR count). The van der Waals surface area contributed by atoms with Crippen LogP contribution in [0.15, 0.2) is 24.3 Å². The van der Waals surface area contributed by atoms with E-state index in [4.69, 9.17) is 4.74 Å². The number of hydrogen-bond donors (Lipinski definition) is 2. The van der Waals surface area contributed by atoms with Gasteiger partial charge in [0, 0.05) is 17.8 Å². The van der Waals surface area contributed by atoms with Gasteiger partial charge in [0.05, 0.1) is 5.56 Å². The van der Waals surface area contributed by atoms with Crippen molar-refractivity contribution in [3.63, 3.8) is 0 Å². The van der Waals surface area contributed by atoms with Crippen LogP contribution in [0, 0.1) is 0 Å². The SMILES string of the molecule is CC(C)(C)OC(=O)NC1CCC(Nc2ccccc2C(F)(F)F)CC1. The standard InChI is InChI=1S/C18H25F3N2O2/c1-17(2,3)25-16(24)23-13-10-8-12(9-11-13)22-15-7-5-4-6-14(15)18(19,20)21/h4-7,12-13,22H,8-11H2,1-3H3,(H,23,24). The average molecular weight is 358 g/mol. The summed E-state index contributed by atoms with van der Waals surface area (Å²) >= 11 is 0. The molecule has 1 aliphatic rings. The van der Waals surface area contributed by atoms with Crippen molar-refractivity contribution in [1.29, 1.82) is 0 Å². The van der Waals surface area contributed by atoms with Gasteiger partial charge < -0.3 is 15.4 Å². The fourth-order valence-corrected chi connectivity index (χ4v) is 2.93. The molecule has 1 amide bonds. The average Bonchev–Trinajstić information content (AvgIpc) is 2.47. The Balaban J connectivity index is 1.86. The summed E-state index contributed by atoms with van der Waals surface area (Å²) in [7, 11) is 0. The Hall–Kier alpha value is -1.92. The van der Waals surface area contributed by atoms with Gasteiger partial charge >= 0.3 is 12.3 Å². The van der Waals surface area contributed by atoms with E-state index in [0.717, 1.165) is 6.07 Å². The maximum absolute atomic E-state index is 13.0. The lowest BCUT2D eigenvalue weighted by molar-refractivity contribution is -0.137. The topological polar surface area (TPSA) is 50.4 Å². The Morgan fingerprint density at radius 3 is 2.16 bits per heavy atom.